The van der Waals surface area contributed by atoms with E-state index in [1.807, 2.05) is 0 Å². The molecule has 0 amide bonds. The summed E-state index contributed by atoms with van der Waals surface area (Å²) in [7, 11) is 0. The van der Waals surface area contributed by atoms with E-state index in [0.29, 0.717) is 17.5 Å². The molecule has 4 atom stereocenters. The number of aromatic nitrogens is 1. The maximum absolute atomic E-state index is 12.8. The van der Waals surface area contributed by atoms with Crippen molar-refractivity contribution in [2.75, 3.05) is 0 Å². The molecule has 2 fully saturated rings. The molecule has 2 aliphatic carbocycles. The van der Waals surface area contributed by atoms with E-state index in [4.69, 9.17) is 0 Å². The molecule has 0 N–H and O–H groups in total. The van der Waals surface area contributed by atoms with Gasteiger partial charge in [-0.25, -0.2) is 0 Å². The second-order valence-corrected chi connectivity index (χ2v) is 8.04. The Hall–Kier alpha value is -0.570. The minimum atomic E-state index is 0.341. The van der Waals surface area contributed by atoms with Crippen LogP contribution in [0.25, 0.3) is 0 Å². The molecule has 3 heteroatoms. The molecule has 0 bridgehead atoms. The van der Waals surface area contributed by atoms with Crippen LogP contribution in [0, 0.1) is 11.8 Å². The van der Waals surface area contributed by atoms with Crippen LogP contribution in [0.15, 0.2) is 10.2 Å². The molecule has 1 aromatic rings. The molecular formula is C17H27NOS. The molecule has 3 rings (SSSR count). The topological polar surface area (TPSA) is 22.0 Å². The van der Waals surface area contributed by atoms with E-state index in [2.05, 4.69) is 23.2 Å². The molecule has 2 nitrogen and oxygen atoms in total. The monoisotopic (exact) mass is 293 g/mol. The number of hydrogen-bond donors (Lipinski definition) is 0. The fourth-order valence-electron chi connectivity index (χ4n) is 4.19. The van der Waals surface area contributed by atoms with Crippen molar-refractivity contribution < 1.29 is 0 Å². The van der Waals surface area contributed by atoms with Crippen LogP contribution in [-0.2, 0) is 0 Å². The van der Waals surface area contributed by atoms with Crippen LogP contribution in [0.5, 0.6) is 0 Å². The number of rotatable bonds is 2. The van der Waals surface area contributed by atoms with E-state index < -0.39 is 0 Å². The molecule has 1 heterocycles. The van der Waals surface area contributed by atoms with Crippen molar-refractivity contribution in [3.63, 3.8) is 0 Å². The largest absolute Gasteiger partial charge is 0.268 e. The SMILES string of the molecule is CC1CCCC(c2csn(C3CCCC(C)C3)c2=O)C1. The lowest BCUT2D eigenvalue weighted by Crippen LogP contribution is -2.27. The molecule has 0 aromatic carbocycles. The Morgan fingerprint density at radius 2 is 1.75 bits per heavy atom. The zero-order valence-corrected chi connectivity index (χ0v) is 13.6. The highest BCUT2D eigenvalue weighted by Crippen LogP contribution is 2.37. The normalized spacial score (nSPS) is 35.1. The van der Waals surface area contributed by atoms with Gasteiger partial charge in [-0.05, 0) is 43.4 Å². The van der Waals surface area contributed by atoms with Gasteiger partial charge in [0.2, 0.25) is 0 Å². The lowest BCUT2D eigenvalue weighted by atomic mass is 9.80. The van der Waals surface area contributed by atoms with Gasteiger partial charge in [-0.1, -0.05) is 51.1 Å². The van der Waals surface area contributed by atoms with Gasteiger partial charge in [0.25, 0.3) is 5.56 Å². The summed E-state index contributed by atoms with van der Waals surface area (Å²) in [4.78, 5) is 12.8. The summed E-state index contributed by atoms with van der Waals surface area (Å²) in [6, 6.07) is 0.478. The van der Waals surface area contributed by atoms with E-state index in [9.17, 15) is 4.79 Å². The first-order valence-corrected chi connectivity index (χ1v) is 9.19. The minimum absolute atomic E-state index is 0.341. The summed E-state index contributed by atoms with van der Waals surface area (Å²) >= 11 is 1.68. The molecule has 0 saturated heterocycles. The van der Waals surface area contributed by atoms with Crippen molar-refractivity contribution in [3.05, 3.63) is 21.3 Å². The van der Waals surface area contributed by atoms with Crippen molar-refractivity contribution in [2.24, 2.45) is 11.8 Å². The average molecular weight is 293 g/mol. The lowest BCUT2D eigenvalue weighted by Gasteiger charge is -2.27. The van der Waals surface area contributed by atoms with Gasteiger partial charge in [0.15, 0.2) is 0 Å². The highest BCUT2D eigenvalue weighted by atomic mass is 32.1. The maximum atomic E-state index is 12.8. The van der Waals surface area contributed by atoms with E-state index in [1.54, 1.807) is 11.5 Å². The third kappa shape index (κ3) is 2.88. The zero-order chi connectivity index (χ0) is 14.1. The number of nitrogens with zero attached hydrogens (tertiary/aromatic N) is 1. The van der Waals surface area contributed by atoms with Crippen LogP contribution in [-0.4, -0.2) is 3.96 Å². The van der Waals surface area contributed by atoms with Crippen LogP contribution in [0.4, 0.5) is 0 Å². The Balaban J connectivity index is 1.79. The fraction of sp³-hybridized carbons (Fsp3) is 0.824. The molecular weight excluding hydrogens is 266 g/mol. The third-order valence-electron chi connectivity index (χ3n) is 5.36. The van der Waals surface area contributed by atoms with Crippen molar-refractivity contribution in [1.29, 1.82) is 0 Å². The van der Waals surface area contributed by atoms with E-state index in [1.165, 1.54) is 51.4 Å². The van der Waals surface area contributed by atoms with Gasteiger partial charge >= 0.3 is 0 Å². The highest BCUT2D eigenvalue weighted by molar-refractivity contribution is 7.04. The van der Waals surface area contributed by atoms with Gasteiger partial charge in [0.1, 0.15) is 0 Å². The second-order valence-electron chi connectivity index (χ2n) is 7.20. The van der Waals surface area contributed by atoms with Crippen molar-refractivity contribution in [3.8, 4) is 0 Å². The molecule has 1 aromatic heterocycles. The summed E-state index contributed by atoms with van der Waals surface area (Å²) in [5, 5.41) is 2.17. The van der Waals surface area contributed by atoms with Crippen LogP contribution in [0.1, 0.15) is 82.7 Å². The predicted octanol–water partition coefficient (Wildman–Crippen LogP) is 4.95. The minimum Gasteiger partial charge on any atom is -0.268 e. The molecule has 2 aliphatic rings. The van der Waals surface area contributed by atoms with E-state index in [0.717, 1.165) is 17.4 Å². The summed E-state index contributed by atoms with van der Waals surface area (Å²) in [5.41, 5.74) is 1.47. The molecule has 0 aliphatic heterocycles. The maximum Gasteiger partial charge on any atom is 0.264 e. The first kappa shape index (κ1) is 14.4. The van der Waals surface area contributed by atoms with Crippen LogP contribution >= 0.6 is 11.5 Å². The van der Waals surface area contributed by atoms with Crippen LogP contribution < -0.4 is 5.56 Å². The molecule has 2 saturated carbocycles. The Kier molecular flexibility index (Phi) is 4.34. The quantitative estimate of drug-likeness (QED) is 0.756. The Labute approximate surface area is 126 Å². The van der Waals surface area contributed by atoms with Gasteiger partial charge in [0.05, 0.1) is 0 Å². The van der Waals surface area contributed by atoms with Crippen LogP contribution in [0.2, 0.25) is 0 Å². The highest BCUT2D eigenvalue weighted by Gasteiger charge is 2.27. The zero-order valence-electron chi connectivity index (χ0n) is 12.8. The predicted molar refractivity (Wildman–Crippen MR) is 85.6 cm³/mol. The summed E-state index contributed by atoms with van der Waals surface area (Å²) < 4.78 is 2.10. The van der Waals surface area contributed by atoms with Crippen LogP contribution in [0.3, 0.4) is 0 Å². The summed E-state index contributed by atoms with van der Waals surface area (Å²) in [5.74, 6) is 2.10. The van der Waals surface area contributed by atoms with Crippen molar-refractivity contribution >= 4 is 11.5 Å². The molecule has 4 unspecified atom stereocenters. The van der Waals surface area contributed by atoms with E-state index >= 15 is 0 Å². The molecule has 0 radical (unpaired) electrons. The first-order chi connectivity index (χ1) is 9.65. The van der Waals surface area contributed by atoms with Crippen molar-refractivity contribution in [2.45, 2.75) is 77.2 Å². The smallest absolute Gasteiger partial charge is 0.264 e. The molecule has 0 spiro atoms. The van der Waals surface area contributed by atoms with Gasteiger partial charge in [-0.15, -0.1) is 0 Å². The Bertz CT molecular complexity index is 461. The molecule has 112 valence electrons. The van der Waals surface area contributed by atoms with Gasteiger partial charge < -0.3 is 0 Å². The standard InChI is InChI=1S/C17H27NOS/c1-12-5-3-7-14(9-12)16-11-20-18(17(16)19)15-8-4-6-13(2)10-15/h11-15H,3-10H2,1-2H3. The van der Waals surface area contributed by atoms with Gasteiger partial charge in [0, 0.05) is 17.0 Å². The summed E-state index contributed by atoms with van der Waals surface area (Å²) in [6.07, 6.45) is 10.1. The van der Waals surface area contributed by atoms with Crippen molar-refractivity contribution in [1.82, 2.24) is 3.96 Å². The fourth-order valence-corrected chi connectivity index (χ4v) is 5.28. The molecule has 20 heavy (non-hydrogen) atoms. The first-order valence-electron chi connectivity index (χ1n) is 8.35. The van der Waals surface area contributed by atoms with Gasteiger partial charge in [-0.3, -0.25) is 8.75 Å². The summed E-state index contributed by atoms with van der Waals surface area (Å²) in [6.45, 7) is 4.66. The second kappa shape index (κ2) is 6.05. The average Bonchev–Trinajstić information content (AvgIpc) is 2.80. The third-order valence-corrected chi connectivity index (χ3v) is 6.41. The van der Waals surface area contributed by atoms with E-state index in [-0.39, 0.29) is 0 Å². The van der Waals surface area contributed by atoms with Gasteiger partial charge in [-0.2, -0.15) is 0 Å². The Morgan fingerprint density at radius 3 is 2.45 bits per heavy atom. The number of hydrogen-bond acceptors (Lipinski definition) is 2. The Morgan fingerprint density at radius 1 is 1.05 bits per heavy atom. The lowest BCUT2D eigenvalue weighted by molar-refractivity contribution is 0.289.